The Hall–Kier alpha value is -0.900. The van der Waals surface area contributed by atoms with Crippen LogP contribution in [0.5, 0.6) is 0 Å². The molecule has 2 rings (SSSR count). The standard InChI is InChI=1S/C10H15FN2O/c1-7-3-10(14-12-7)9-4-8(5-11)6-13(9)2/h3,8-9H,4-6H2,1-2H3/t8-,9-/m0/s1. The molecule has 0 bridgehead atoms. The molecule has 14 heavy (non-hydrogen) atoms. The molecule has 1 aromatic heterocycles. The molecule has 0 aromatic carbocycles. The van der Waals surface area contributed by atoms with E-state index in [2.05, 4.69) is 10.1 Å². The molecule has 2 heterocycles. The Kier molecular flexibility index (Phi) is 2.54. The molecular weight excluding hydrogens is 183 g/mol. The minimum atomic E-state index is -0.242. The van der Waals surface area contributed by atoms with E-state index in [0.29, 0.717) is 0 Å². The minimum Gasteiger partial charge on any atom is -0.359 e. The van der Waals surface area contributed by atoms with Gasteiger partial charge in [-0.2, -0.15) is 0 Å². The number of likely N-dealkylation sites (tertiary alicyclic amines) is 1. The Morgan fingerprint density at radius 3 is 3.00 bits per heavy atom. The third-order valence-electron chi connectivity index (χ3n) is 2.83. The van der Waals surface area contributed by atoms with Crippen molar-refractivity contribution in [3.05, 3.63) is 17.5 Å². The second-order valence-electron chi connectivity index (χ2n) is 4.08. The van der Waals surface area contributed by atoms with Crippen molar-refractivity contribution >= 4 is 0 Å². The number of aromatic nitrogens is 1. The zero-order chi connectivity index (χ0) is 10.1. The van der Waals surface area contributed by atoms with Crippen LogP contribution in [-0.2, 0) is 0 Å². The van der Waals surface area contributed by atoms with Gasteiger partial charge in [0.05, 0.1) is 18.4 Å². The van der Waals surface area contributed by atoms with Gasteiger partial charge in [-0.1, -0.05) is 5.16 Å². The number of halogens is 1. The zero-order valence-corrected chi connectivity index (χ0v) is 8.53. The summed E-state index contributed by atoms with van der Waals surface area (Å²) in [6, 6.07) is 2.14. The van der Waals surface area contributed by atoms with Crippen LogP contribution in [0.25, 0.3) is 0 Å². The van der Waals surface area contributed by atoms with E-state index in [9.17, 15) is 4.39 Å². The van der Waals surface area contributed by atoms with Crippen molar-refractivity contribution in [3.63, 3.8) is 0 Å². The summed E-state index contributed by atoms with van der Waals surface area (Å²) in [5.74, 6) is 1.01. The highest BCUT2D eigenvalue weighted by molar-refractivity contribution is 5.09. The molecule has 2 atom stereocenters. The SMILES string of the molecule is Cc1cc([C@@H]2C[C@@H](CF)CN2C)on1. The van der Waals surface area contributed by atoms with Gasteiger partial charge in [0.25, 0.3) is 0 Å². The van der Waals surface area contributed by atoms with Crippen LogP contribution in [0.4, 0.5) is 4.39 Å². The average molecular weight is 198 g/mol. The first kappa shape index (κ1) is 9.65. The van der Waals surface area contributed by atoms with Crippen molar-refractivity contribution < 1.29 is 8.91 Å². The number of nitrogens with zero attached hydrogens (tertiary/aromatic N) is 2. The van der Waals surface area contributed by atoms with Crippen LogP contribution >= 0.6 is 0 Å². The molecule has 1 aliphatic rings. The van der Waals surface area contributed by atoms with Gasteiger partial charge in [-0.3, -0.25) is 9.29 Å². The van der Waals surface area contributed by atoms with Gasteiger partial charge in [0.1, 0.15) is 0 Å². The van der Waals surface area contributed by atoms with E-state index in [-0.39, 0.29) is 18.6 Å². The van der Waals surface area contributed by atoms with E-state index < -0.39 is 0 Å². The molecule has 1 aliphatic heterocycles. The molecule has 4 heteroatoms. The van der Waals surface area contributed by atoms with Gasteiger partial charge in [0.2, 0.25) is 0 Å². The first-order chi connectivity index (χ1) is 6.70. The maximum absolute atomic E-state index is 12.5. The van der Waals surface area contributed by atoms with Crippen LogP contribution in [0.2, 0.25) is 0 Å². The highest BCUT2D eigenvalue weighted by Crippen LogP contribution is 2.34. The van der Waals surface area contributed by atoms with E-state index in [1.807, 2.05) is 20.0 Å². The number of alkyl halides is 1. The highest BCUT2D eigenvalue weighted by atomic mass is 19.1. The average Bonchev–Trinajstić information content (AvgIpc) is 2.71. The van der Waals surface area contributed by atoms with Crippen LogP contribution in [-0.4, -0.2) is 30.3 Å². The fourth-order valence-corrected chi connectivity index (χ4v) is 2.09. The largest absolute Gasteiger partial charge is 0.359 e. The lowest BCUT2D eigenvalue weighted by Crippen LogP contribution is -2.18. The van der Waals surface area contributed by atoms with Gasteiger partial charge in [-0.05, 0) is 20.4 Å². The fraction of sp³-hybridized carbons (Fsp3) is 0.700. The molecule has 0 radical (unpaired) electrons. The summed E-state index contributed by atoms with van der Waals surface area (Å²) in [6.07, 6.45) is 0.835. The highest BCUT2D eigenvalue weighted by Gasteiger charge is 2.32. The number of hydrogen-bond donors (Lipinski definition) is 0. The molecule has 0 unspecified atom stereocenters. The Morgan fingerprint density at radius 2 is 2.50 bits per heavy atom. The quantitative estimate of drug-likeness (QED) is 0.727. The summed E-state index contributed by atoms with van der Waals surface area (Å²) in [5, 5.41) is 3.85. The van der Waals surface area contributed by atoms with E-state index in [4.69, 9.17) is 4.52 Å². The maximum Gasteiger partial charge on any atom is 0.154 e. The smallest absolute Gasteiger partial charge is 0.154 e. The third kappa shape index (κ3) is 1.66. The van der Waals surface area contributed by atoms with Crippen molar-refractivity contribution in [2.45, 2.75) is 19.4 Å². The third-order valence-corrected chi connectivity index (χ3v) is 2.83. The van der Waals surface area contributed by atoms with E-state index >= 15 is 0 Å². The summed E-state index contributed by atoms with van der Waals surface area (Å²) in [5.41, 5.74) is 0.886. The molecule has 0 amide bonds. The van der Waals surface area contributed by atoms with Gasteiger partial charge in [0.15, 0.2) is 5.76 Å². The maximum atomic E-state index is 12.5. The van der Waals surface area contributed by atoms with Crippen molar-refractivity contribution in [3.8, 4) is 0 Å². The van der Waals surface area contributed by atoms with E-state index in [1.54, 1.807) is 0 Å². The van der Waals surface area contributed by atoms with Crippen LogP contribution in [0.15, 0.2) is 10.6 Å². The van der Waals surface area contributed by atoms with Gasteiger partial charge < -0.3 is 4.52 Å². The molecule has 1 saturated heterocycles. The normalized spacial score (nSPS) is 28.5. The monoisotopic (exact) mass is 198 g/mol. The molecule has 0 saturated carbocycles. The number of rotatable bonds is 2. The zero-order valence-electron chi connectivity index (χ0n) is 8.53. The van der Waals surface area contributed by atoms with Crippen LogP contribution in [0.3, 0.4) is 0 Å². The molecule has 3 nitrogen and oxygen atoms in total. The summed E-state index contributed by atoms with van der Waals surface area (Å²) in [4.78, 5) is 2.13. The molecule has 0 aliphatic carbocycles. The second-order valence-corrected chi connectivity index (χ2v) is 4.08. The lowest BCUT2D eigenvalue weighted by Gasteiger charge is -2.15. The van der Waals surface area contributed by atoms with Gasteiger partial charge in [-0.15, -0.1) is 0 Å². The second kappa shape index (κ2) is 3.69. The topological polar surface area (TPSA) is 29.3 Å². The first-order valence-electron chi connectivity index (χ1n) is 4.90. The predicted molar refractivity (Wildman–Crippen MR) is 50.7 cm³/mol. The Balaban J connectivity index is 2.12. The van der Waals surface area contributed by atoms with Crippen molar-refractivity contribution in [2.75, 3.05) is 20.3 Å². The Bertz CT molecular complexity index is 313. The summed E-state index contributed by atoms with van der Waals surface area (Å²) in [6.45, 7) is 2.46. The summed E-state index contributed by atoms with van der Waals surface area (Å²) < 4.78 is 17.7. The molecule has 0 spiro atoms. The van der Waals surface area contributed by atoms with E-state index in [0.717, 1.165) is 24.4 Å². The molecule has 0 N–H and O–H groups in total. The van der Waals surface area contributed by atoms with E-state index in [1.165, 1.54) is 0 Å². The summed E-state index contributed by atoms with van der Waals surface area (Å²) >= 11 is 0. The van der Waals surface area contributed by atoms with Crippen LogP contribution in [0.1, 0.15) is 23.9 Å². The van der Waals surface area contributed by atoms with Crippen LogP contribution < -0.4 is 0 Å². The minimum absolute atomic E-state index is 0.149. The summed E-state index contributed by atoms with van der Waals surface area (Å²) in [7, 11) is 2.00. The molecule has 1 aromatic rings. The molecule has 1 fully saturated rings. The van der Waals surface area contributed by atoms with Gasteiger partial charge >= 0.3 is 0 Å². The number of hydrogen-bond acceptors (Lipinski definition) is 3. The lowest BCUT2D eigenvalue weighted by molar-refractivity contribution is 0.250. The lowest BCUT2D eigenvalue weighted by atomic mass is 10.1. The van der Waals surface area contributed by atoms with Crippen molar-refractivity contribution in [1.29, 1.82) is 0 Å². The van der Waals surface area contributed by atoms with Gasteiger partial charge in [-0.25, -0.2) is 0 Å². The van der Waals surface area contributed by atoms with Crippen molar-refractivity contribution in [1.82, 2.24) is 10.1 Å². The van der Waals surface area contributed by atoms with Gasteiger partial charge in [0, 0.05) is 18.5 Å². The number of aryl methyl sites for hydroxylation is 1. The first-order valence-corrected chi connectivity index (χ1v) is 4.90. The van der Waals surface area contributed by atoms with Crippen LogP contribution in [0, 0.1) is 12.8 Å². The molecular formula is C10H15FN2O. The molecule has 78 valence electrons. The van der Waals surface area contributed by atoms with Crippen molar-refractivity contribution in [2.24, 2.45) is 5.92 Å². The predicted octanol–water partition coefficient (Wildman–Crippen LogP) is 1.95. The fourth-order valence-electron chi connectivity index (χ4n) is 2.09. The Morgan fingerprint density at radius 1 is 1.71 bits per heavy atom. The Labute approximate surface area is 82.9 Å².